The van der Waals surface area contributed by atoms with Crippen LogP contribution >= 0.6 is 0 Å². The van der Waals surface area contributed by atoms with Crippen molar-refractivity contribution in [1.29, 1.82) is 0 Å². The Bertz CT molecular complexity index is 581. The summed E-state index contributed by atoms with van der Waals surface area (Å²) in [6.07, 6.45) is 2.17. The molecule has 6 nitrogen and oxygen atoms in total. The Hall–Kier alpha value is -1.31. The third kappa shape index (κ3) is 4.09. The van der Waals surface area contributed by atoms with Crippen LogP contribution in [0.15, 0.2) is 23.1 Å². The van der Waals surface area contributed by atoms with Crippen LogP contribution in [0.3, 0.4) is 0 Å². The molecule has 0 bridgehead atoms. The molecule has 0 atom stereocenters. The van der Waals surface area contributed by atoms with Gasteiger partial charge in [0.15, 0.2) is 0 Å². The van der Waals surface area contributed by atoms with E-state index in [1.165, 1.54) is 6.07 Å². The third-order valence-corrected chi connectivity index (χ3v) is 5.12. The minimum Gasteiger partial charge on any atom is -0.492 e. The molecule has 0 amide bonds. The lowest BCUT2D eigenvalue weighted by Crippen LogP contribution is -2.38. The number of sulfonamides is 1. The molecule has 1 aromatic rings. The smallest absolute Gasteiger partial charge is 0.244 e. The summed E-state index contributed by atoms with van der Waals surface area (Å²) in [5, 5.41) is 9.48. The molecule has 0 heterocycles. The van der Waals surface area contributed by atoms with E-state index in [-0.39, 0.29) is 17.0 Å². The number of aliphatic hydroxyl groups is 1. The molecule has 1 aromatic carbocycles. The van der Waals surface area contributed by atoms with Gasteiger partial charge in [-0.3, -0.25) is 0 Å². The molecule has 118 valence electrons. The van der Waals surface area contributed by atoms with E-state index >= 15 is 0 Å². The molecule has 0 spiro atoms. The number of hydrogen-bond donors (Lipinski definition) is 3. The van der Waals surface area contributed by atoms with Crippen molar-refractivity contribution >= 4 is 15.7 Å². The molecule has 2 rings (SSSR count). The van der Waals surface area contributed by atoms with E-state index in [1.807, 2.05) is 0 Å². The number of nitrogens with two attached hydrogens (primary N) is 1. The van der Waals surface area contributed by atoms with Gasteiger partial charge in [-0.15, -0.1) is 0 Å². The van der Waals surface area contributed by atoms with Crippen LogP contribution in [0.2, 0.25) is 0 Å². The van der Waals surface area contributed by atoms with Crippen LogP contribution < -0.4 is 15.2 Å². The molecule has 1 saturated carbocycles. The van der Waals surface area contributed by atoms with Crippen LogP contribution in [0.5, 0.6) is 5.75 Å². The summed E-state index contributed by atoms with van der Waals surface area (Å²) in [5.41, 5.74) is 6.06. The molecule has 21 heavy (non-hydrogen) atoms. The van der Waals surface area contributed by atoms with Gasteiger partial charge in [0.25, 0.3) is 0 Å². The van der Waals surface area contributed by atoms with Gasteiger partial charge in [-0.2, -0.15) is 0 Å². The van der Waals surface area contributed by atoms with Gasteiger partial charge in [-0.25, -0.2) is 13.1 Å². The number of benzene rings is 1. The van der Waals surface area contributed by atoms with Crippen LogP contribution in [0, 0.1) is 0 Å². The SMILES string of the molecule is CCOc1ccc(N)cc1S(=O)(=O)NC1CCC(O)CC1. The maximum Gasteiger partial charge on any atom is 0.244 e. The summed E-state index contributed by atoms with van der Waals surface area (Å²) >= 11 is 0. The highest BCUT2D eigenvalue weighted by atomic mass is 32.2. The second-order valence-corrected chi connectivity index (χ2v) is 6.95. The maximum absolute atomic E-state index is 12.5. The van der Waals surface area contributed by atoms with Gasteiger partial charge in [0.2, 0.25) is 10.0 Å². The van der Waals surface area contributed by atoms with Crippen LogP contribution in [-0.2, 0) is 10.0 Å². The summed E-state index contributed by atoms with van der Waals surface area (Å²) in [7, 11) is -3.69. The molecular weight excluding hydrogens is 292 g/mol. The predicted molar refractivity (Wildman–Crippen MR) is 80.6 cm³/mol. The number of nitrogen functional groups attached to an aromatic ring is 1. The normalized spacial score (nSPS) is 23.0. The first-order chi connectivity index (χ1) is 9.92. The highest BCUT2D eigenvalue weighted by molar-refractivity contribution is 7.89. The second-order valence-electron chi connectivity index (χ2n) is 5.27. The molecule has 0 unspecified atom stereocenters. The number of hydrogen-bond acceptors (Lipinski definition) is 5. The Kier molecular flexibility index (Phi) is 5.08. The average Bonchev–Trinajstić information content (AvgIpc) is 2.43. The standard InChI is InChI=1S/C14H22N2O4S/c1-2-20-13-8-3-10(15)9-14(13)21(18,19)16-11-4-6-12(17)7-5-11/h3,8-9,11-12,16-17H,2,4-7,15H2,1H3. The third-order valence-electron chi connectivity index (χ3n) is 3.58. The van der Waals surface area contributed by atoms with Gasteiger partial charge in [0.1, 0.15) is 10.6 Å². The molecule has 7 heteroatoms. The van der Waals surface area contributed by atoms with E-state index in [0.29, 0.717) is 43.7 Å². The van der Waals surface area contributed by atoms with Gasteiger partial charge in [-0.05, 0) is 50.8 Å². The lowest BCUT2D eigenvalue weighted by molar-refractivity contribution is 0.120. The lowest BCUT2D eigenvalue weighted by atomic mass is 9.94. The van der Waals surface area contributed by atoms with Crippen molar-refractivity contribution in [1.82, 2.24) is 4.72 Å². The molecule has 4 N–H and O–H groups in total. The quantitative estimate of drug-likeness (QED) is 0.710. The largest absolute Gasteiger partial charge is 0.492 e. The van der Waals surface area contributed by atoms with Crippen molar-refractivity contribution in [2.75, 3.05) is 12.3 Å². The van der Waals surface area contributed by atoms with E-state index in [1.54, 1.807) is 19.1 Å². The minimum absolute atomic E-state index is 0.0653. The molecule has 0 aromatic heterocycles. The van der Waals surface area contributed by atoms with Gasteiger partial charge in [0.05, 0.1) is 12.7 Å². The highest BCUT2D eigenvalue weighted by Crippen LogP contribution is 2.28. The Morgan fingerprint density at radius 3 is 2.62 bits per heavy atom. The van der Waals surface area contributed by atoms with Gasteiger partial charge in [0, 0.05) is 11.7 Å². The van der Waals surface area contributed by atoms with Crippen LogP contribution in [-0.4, -0.2) is 32.3 Å². The lowest BCUT2D eigenvalue weighted by Gasteiger charge is -2.26. The van der Waals surface area contributed by atoms with Crippen molar-refractivity contribution in [3.63, 3.8) is 0 Å². The molecule has 1 fully saturated rings. The topological polar surface area (TPSA) is 102 Å². The second kappa shape index (κ2) is 6.64. The summed E-state index contributed by atoms with van der Waals surface area (Å²) in [6, 6.07) is 4.43. The number of nitrogens with one attached hydrogen (secondary N) is 1. The minimum atomic E-state index is -3.69. The maximum atomic E-state index is 12.5. The number of anilines is 1. The fraction of sp³-hybridized carbons (Fsp3) is 0.571. The zero-order valence-electron chi connectivity index (χ0n) is 12.1. The van der Waals surface area contributed by atoms with Crippen LogP contribution in [0.25, 0.3) is 0 Å². The first kappa shape index (κ1) is 16.1. The highest BCUT2D eigenvalue weighted by Gasteiger charge is 2.27. The van der Waals surface area contributed by atoms with E-state index in [9.17, 15) is 13.5 Å². The number of ether oxygens (including phenoxy) is 1. The van der Waals surface area contributed by atoms with Crippen molar-refractivity contribution in [3.8, 4) is 5.75 Å². The predicted octanol–water partition coefficient (Wildman–Crippen LogP) is 1.25. The Balaban J connectivity index is 2.20. The first-order valence-corrected chi connectivity index (χ1v) is 8.63. The number of rotatable bonds is 5. The van der Waals surface area contributed by atoms with Crippen molar-refractivity contribution in [3.05, 3.63) is 18.2 Å². The zero-order valence-corrected chi connectivity index (χ0v) is 12.9. The van der Waals surface area contributed by atoms with Crippen LogP contribution in [0.1, 0.15) is 32.6 Å². The average molecular weight is 314 g/mol. The van der Waals surface area contributed by atoms with Crippen LogP contribution in [0.4, 0.5) is 5.69 Å². The Morgan fingerprint density at radius 2 is 2.00 bits per heavy atom. The van der Waals surface area contributed by atoms with Crippen molar-refractivity contribution in [2.45, 2.75) is 49.6 Å². The summed E-state index contributed by atoms with van der Waals surface area (Å²) in [4.78, 5) is 0.0653. The fourth-order valence-corrected chi connectivity index (χ4v) is 3.97. The van der Waals surface area contributed by atoms with Gasteiger partial charge < -0.3 is 15.6 Å². The first-order valence-electron chi connectivity index (χ1n) is 7.15. The van der Waals surface area contributed by atoms with Gasteiger partial charge >= 0.3 is 0 Å². The van der Waals surface area contributed by atoms with E-state index in [4.69, 9.17) is 10.5 Å². The molecular formula is C14H22N2O4S. The fourth-order valence-electron chi connectivity index (χ4n) is 2.49. The molecule has 0 radical (unpaired) electrons. The Labute approximate surface area is 125 Å². The zero-order chi connectivity index (χ0) is 15.5. The van der Waals surface area contributed by atoms with Gasteiger partial charge in [-0.1, -0.05) is 0 Å². The molecule has 0 aliphatic heterocycles. The van der Waals surface area contributed by atoms with Crippen molar-refractivity contribution in [2.24, 2.45) is 0 Å². The van der Waals surface area contributed by atoms with E-state index in [0.717, 1.165) is 0 Å². The summed E-state index contributed by atoms with van der Waals surface area (Å²) in [6.45, 7) is 2.17. The molecule has 1 aliphatic carbocycles. The van der Waals surface area contributed by atoms with Crippen molar-refractivity contribution < 1.29 is 18.3 Å². The molecule has 0 saturated heterocycles. The Morgan fingerprint density at radius 1 is 1.33 bits per heavy atom. The summed E-state index contributed by atoms with van der Waals surface area (Å²) in [5.74, 6) is 0.301. The molecule has 1 aliphatic rings. The summed E-state index contributed by atoms with van der Waals surface area (Å²) < 4.78 is 33.1. The van der Waals surface area contributed by atoms with E-state index in [2.05, 4.69) is 4.72 Å². The monoisotopic (exact) mass is 314 g/mol. The van der Waals surface area contributed by atoms with E-state index < -0.39 is 10.0 Å². The number of aliphatic hydroxyl groups excluding tert-OH is 1.